The monoisotopic (exact) mass is 283 g/mol. The van der Waals surface area contributed by atoms with Crippen LogP contribution in [0.3, 0.4) is 0 Å². The zero-order chi connectivity index (χ0) is 14.7. The smallest absolute Gasteiger partial charge is 0.250 e. The average molecular weight is 283 g/mol. The number of hydrogen-bond donors (Lipinski definition) is 1. The number of carbonyl (C=O) groups is 1. The van der Waals surface area contributed by atoms with E-state index in [-0.39, 0.29) is 12.5 Å². The van der Waals surface area contributed by atoms with Crippen molar-refractivity contribution in [3.8, 4) is 16.9 Å². The minimum Gasteiger partial charge on any atom is -0.493 e. The molecule has 1 heterocycles. The van der Waals surface area contributed by atoms with Crippen LogP contribution in [0, 0.1) is 0 Å². The molecule has 1 aliphatic rings. The summed E-state index contributed by atoms with van der Waals surface area (Å²) in [5.74, 6) is 0.820. The van der Waals surface area contributed by atoms with Gasteiger partial charge in [0, 0.05) is 19.2 Å². The molecule has 0 radical (unpaired) electrons. The van der Waals surface area contributed by atoms with Crippen molar-refractivity contribution in [2.75, 3.05) is 25.6 Å². The molecule has 0 aliphatic carbocycles. The lowest BCUT2D eigenvalue weighted by Gasteiger charge is -2.08. The van der Waals surface area contributed by atoms with E-state index in [1.807, 2.05) is 36.4 Å². The number of fused-ring (bicyclic) bond motifs is 1. The Balaban J connectivity index is 1.84. The summed E-state index contributed by atoms with van der Waals surface area (Å²) >= 11 is 0. The third-order valence-corrected chi connectivity index (χ3v) is 3.44. The molecular formula is C17H17NO3. The molecule has 3 rings (SSSR count). The van der Waals surface area contributed by atoms with Crippen molar-refractivity contribution in [2.45, 2.75) is 6.42 Å². The first-order valence-electron chi connectivity index (χ1n) is 6.91. The van der Waals surface area contributed by atoms with E-state index in [0.717, 1.165) is 35.6 Å². The number of nitrogens with one attached hydrogen (secondary N) is 1. The quantitative estimate of drug-likeness (QED) is 0.938. The number of amides is 1. The minimum atomic E-state index is -0.156. The van der Waals surface area contributed by atoms with E-state index in [1.54, 1.807) is 0 Å². The summed E-state index contributed by atoms with van der Waals surface area (Å²) in [6.07, 6.45) is 0.952. The molecule has 0 saturated carbocycles. The SMILES string of the molecule is COCC(=O)Nc1cccc(-c2ccc3c(c2)CCO3)c1. The molecule has 2 aromatic rings. The summed E-state index contributed by atoms with van der Waals surface area (Å²) in [5, 5.41) is 2.82. The molecule has 1 amide bonds. The molecule has 0 unspecified atom stereocenters. The van der Waals surface area contributed by atoms with Gasteiger partial charge in [-0.05, 0) is 41.0 Å². The third-order valence-electron chi connectivity index (χ3n) is 3.44. The highest BCUT2D eigenvalue weighted by molar-refractivity contribution is 5.92. The van der Waals surface area contributed by atoms with Gasteiger partial charge in [-0.25, -0.2) is 0 Å². The number of ether oxygens (including phenoxy) is 2. The molecule has 0 fully saturated rings. The van der Waals surface area contributed by atoms with Crippen LogP contribution in [0.2, 0.25) is 0 Å². The Morgan fingerprint density at radius 2 is 2.10 bits per heavy atom. The van der Waals surface area contributed by atoms with Crippen molar-refractivity contribution in [3.63, 3.8) is 0 Å². The van der Waals surface area contributed by atoms with E-state index in [1.165, 1.54) is 12.7 Å². The number of anilines is 1. The van der Waals surface area contributed by atoms with Gasteiger partial charge in [0.1, 0.15) is 12.4 Å². The fourth-order valence-corrected chi connectivity index (χ4v) is 2.47. The fraction of sp³-hybridized carbons (Fsp3) is 0.235. The van der Waals surface area contributed by atoms with Crippen LogP contribution in [0.25, 0.3) is 11.1 Å². The zero-order valence-electron chi connectivity index (χ0n) is 11.9. The first-order valence-corrected chi connectivity index (χ1v) is 6.91. The second-order valence-electron chi connectivity index (χ2n) is 4.98. The maximum absolute atomic E-state index is 11.6. The molecule has 0 atom stereocenters. The molecule has 4 nitrogen and oxygen atoms in total. The van der Waals surface area contributed by atoms with Gasteiger partial charge in [-0.2, -0.15) is 0 Å². The lowest BCUT2D eigenvalue weighted by atomic mass is 10.0. The van der Waals surface area contributed by atoms with Crippen LogP contribution in [0.15, 0.2) is 42.5 Å². The summed E-state index contributed by atoms with van der Waals surface area (Å²) in [7, 11) is 1.50. The number of rotatable bonds is 4. The Morgan fingerprint density at radius 3 is 2.95 bits per heavy atom. The summed E-state index contributed by atoms with van der Waals surface area (Å²) in [5.41, 5.74) is 4.20. The molecule has 21 heavy (non-hydrogen) atoms. The topological polar surface area (TPSA) is 47.6 Å². The highest BCUT2D eigenvalue weighted by Gasteiger charge is 2.12. The summed E-state index contributed by atoms with van der Waals surface area (Å²) in [4.78, 5) is 11.6. The predicted octanol–water partition coefficient (Wildman–Crippen LogP) is 2.87. The van der Waals surface area contributed by atoms with Crippen molar-refractivity contribution in [1.82, 2.24) is 0 Å². The van der Waals surface area contributed by atoms with Gasteiger partial charge < -0.3 is 14.8 Å². The minimum absolute atomic E-state index is 0.0560. The fourth-order valence-electron chi connectivity index (χ4n) is 2.47. The van der Waals surface area contributed by atoms with E-state index in [9.17, 15) is 4.79 Å². The molecular weight excluding hydrogens is 266 g/mol. The summed E-state index contributed by atoms with van der Waals surface area (Å²) < 4.78 is 10.3. The van der Waals surface area contributed by atoms with Gasteiger partial charge in [0.2, 0.25) is 5.91 Å². The Bertz CT molecular complexity index is 667. The molecule has 0 saturated heterocycles. The lowest BCUT2D eigenvalue weighted by Crippen LogP contribution is -2.16. The Hall–Kier alpha value is -2.33. The molecule has 0 bridgehead atoms. The number of carbonyl (C=O) groups excluding carboxylic acids is 1. The van der Waals surface area contributed by atoms with Gasteiger partial charge in [0.15, 0.2) is 0 Å². The average Bonchev–Trinajstić information content (AvgIpc) is 2.95. The largest absolute Gasteiger partial charge is 0.493 e. The van der Waals surface area contributed by atoms with Crippen LogP contribution in [-0.4, -0.2) is 26.2 Å². The number of benzene rings is 2. The van der Waals surface area contributed by atoms with Crippen LogP contribution < -0.4 is 10.1 Å². The molecule has 0 spiro atoms. The zero-order valence-corrected chi connectivity index (χ0v) is 11.9. The summed E-state index contributed by atoms with van der Waals surface area (Å²) in [6.45, 7) is 0.812. The van der Waals surface area contributed by atoms with Gasteiger partial charge >= 0.3 is 0 Å². The van der Waals surface area contributed by atoms with Gasteiger partial charge in [0.25, 0.3) is 0 Å². The molecule has 1 N–H and O–H groups in total. The number of hydrogen-bond acceptors (Lipinski definition) is 3. The second kappa shape index (κ2) is 5.97. The van der Waals surface area contributed by atoms with Crippen molar-refractivity contribution in [1.29, 1.82) is 0 Å². The third kappa shape index (κ3) is 3.06. The van der Waals surface area contributed by atoms with E-state index in [0.29, 0.717) is 0 Å². The normalized spacial score (nSPS) is 12.6. The van der Waals surface area contributed by atoms with Crippen molar-refractivity contribution in [2.24, 2.45) is 0 Å². The van der Waals surface area contributed by atoms with Gasteiger partial charge in [-0.3, -0.25) is 4.79 Å². The highest BCUT2D eigenvalue weighted by atomic mass is 16.5. The first kappa shape index (κ1) is 13.6. The maximum atomic E-state index is 11.6. The van der Waals surface area contributed by atoms with Crippen molar-refractivity contribution < 1.29 is 14.3 Å². The summed E-state index contributed by atoms with van der Waals surface area (Å²) in [6, 6.07) is 14.0. The van der Waals surface area contributed by atoms with E-state index in [2.05, 4.69) is 11.4 Å². The Kier molecular flexibility index (Phi) is 3.88. The molecule has 4 heteroatoms. The van der Waals surface area contributed by atoms with E-state index < -0.39 is 0 Å². The molecule has 2 aromatic carbocycles. The molecule has 0 aromatic heterocycles. The first-order chi connectivity index (χ1) is 10.3. The van der Waals surface area contributed by atoms with Crippen LogP contribution in [0.1, 0.15) is 5.56 Å². The standard InChI is InChI=1S/C17H17NO3/c1-20-11-17(19)18-15-4-2-3-12(10-15)13-5-6-16-14(9-13)7-8-21-16/h2-6,9-10H,7-8,11H2,1H3,(H,18,19). The van der Waals surface area contributed by atoms with Crippen LogP contribution in [0.5, 0.6) is 5.75 Å². The Morgan fingerprint density at radius 1 is 1.24 bits per heavy atom. The van der Waals surface area contributed by atoms with Crippen LogP contribution >= 0.6 is 0 Å². The predicted molar refractivity (Wildman–Crippen MR) is 81.6 cm³/mol. The van der Waals surface area contributed by atoms with Gasteiger partial charge in [0.05, 0.1) is 6.61 Å². The van der Waals surface area contributed by atoms with Crippen LogP contribution in [0.4, 0.5) is 5.69 Å². The molecule has 1 aliphatic heterocycles. The lowest BCUT2D eigenvalue weighted by molar-refractivity contribution is -0.119. The van der Waals surface area contributed by atoms with Crippen molar-refractivity contribution in [3.05, 3.63) is 48.0 Å². The van der Waals surface area contributed by atoms with Crippen LogP contribution in [-0.2, 0) is 16.0 Å². The maximum Gasteiger partial charge on any atom is 0.250 e. The van der Waals surface area contributed by atoms with E-state index in [4.69, 9.17) is 9.47 Å². The van der Waals surface area contributed by atoms with Gasteiger partial charge in [-0.15, -0.1) is 0 Å². The Labute approximate surface area is 123 Å². The highest BCUT2D eigenvalue weighted by Crippen LogP contribution is 2.31. The number of methoxy groups -OCH3 is 1. The van der Waals surface area contributed by atoms with Crippen molar-refractivity contribution >= 4 is 11.6 Å². The molecule has 108 valence electrons. The van der Waals surface area contributed by atoms with Gasteiger partial charge in [-0.1, -0.05) is 18.2 Å². The van der Waals surface area contributed by atoms with E-state index >= 15 is 0 Å². The second-order valence-corrected chi connectivity index (χ2v) is 4.98.